The third kappa shape index (κ3) is 1.40. The summed E-state index contributed by atoms with van der Waals surface area (Å²) in [7, 11) is 0. The van der Waals surface area contributed by atoms with E-state index in [2.05, 4.69) is 26.3 Å². The highest BCUT2D eigenvalue weighted by atomic mass is 79.9. The number of aromatic nitrogens is 1. The lowest BCUT2D eigenvalue weighted by Gasteiger charge is -1.98. The molecule has 0 radical (unpaired) electrons. The van der Waals surface area contributed by atoms with E-state index >= 15 is 0 Å². The lowest BCUT2D eigenvalue weighted by atomic mass is 10.4. The number of halogens is 1. The van der Waals surface area contributed by atoms with Crippen molar-refractivity contribution in [2.24, 2.45) is 5.84 Å². The normalized spacial score (nSPS) is 9.11. The summed E-state index contributed by atoms with van der Waals surface area (Å²) >= 11 is 3.27. The minimum atomic E-state index is 0.789. The van der Waals surface area contributed by atoms with Gasteiger partial charge in [0.2, 0.25) is 0 Å². The average Bonchev–Trinajstić information content (AvgIpc) is 1.89. The summed E-state index contributed by atoms with van der Waals surface area (Å²) < 4.78 is 0.917. The van der Waals surface area contributed by atoms with Crippen LogP contribution in [0.1, 0.15) is 0 Å². The molecule has 9 heavy (non-hydrogen) atoms. The van der Waals surface area contributed by atoms with Crippen molar-refractivity contribution in [3.8, 4) is 0 Å². The van der Waals surface area contributed by atoms with Crippen LogP contribution in [0.5, 0.6) is 0 Å². The minimum absolute atomic E-state index is 0.789. The van der Waals surface area contributed by atoms with E-state index in [0.29, 0.717) is 0 Å². The molecule has 1 aromatic heterocycles. The zero-order chi connectivity index (χ0) is 6.69. The number of nitrogens with one attached hydrogen (secondary N) is 1. The Hall–Kier alpha value is -0.610. The number of hydrazine groups is 1. The molecule has 1 aromatic rings. The molecule has 0 unspecified atom stereocenters. The molecule has 1 rings (SSSR count). The van der Waals surface area contributed by atoms with Crippen molar-refractivity contribution >= 4 is 21.6 Å². The van der Waals surface area contributed by atoms with Crippen LogP contribution < -0.4 is 11.3 Å². The van der Waals surface area contributed by atoms with Gasteiger partial charge in [0.1, 0.15) is 0 Å². The van der Waals surface area contributed by atoms with Crippen LogP contribution in [0.3, 0.4) is 0 Å². The van der Waals surface area contributed by atoms with Crippen LogP contribution in [0.4, 0.5) is 5.69 Å². The Balaban J connectivity index is 3.01. The van der Waals surface area contributed by atoms with E-state index in [1.54, 1.807) is 12.4 Å². The highest BCUT2D eigenvalue weighted by Crippen LogP contribution is 2.17. The Bertz CT molecular complexity index is 201. The molecule has 0 spiro atoms. The topological polar surface area (TPSA) is 50.9 Å². The van der Waals surface area contributed by atoms with E-state index < -0.39 is 0 Å². The smallest absolute Gasteiger partial charge is 0.0813 e. The summed E-state index contributed by atoms with van der Waals surface area (Å²) in [5.41, 5.74) is 3.28. The van der Waals surface area contributed by atoms with Crippen LogP contribution in [-0.4, -0.2) is 4.98 Å². The van der Waals surface area contributed by atoms with Gasteiger partial charge < -0.3 is 5.43 Å². The highest BCUT2D eigenvalue weighted by molar-refractivity contribution is 9.10. The molecule has 0 aliphatic heterocycles. The van der Waals surface area contributed by atoms with Crippen molar-refractivity contribution in [2.45, 2.75) is 0 Å². The number of anilines is 1. The average molecular weight is 188 g/mol. The molecule has 0 fully saturated rings. The lowest BCUT2D eigenvalue weighted by molar-refractivity contribution is 1.26. The van der Waals surface area contributed by atoms with Crippen LogP contribution >= 0.6 is 15.9 Å². The van der Waals surface area contributed by atoms with Crippen molar-refractivity contribution in [2.75, 3.05) is 5.43 Å². The van der Waals surface area contributed by atoms with Crippen molar-refractivity contribution in [3.63, 3.8) is 0 Å². The Morgan fingerprint density at radius 2 is 2.44 bits per heavy atom. The summed E-state index contributed by atoms with van der Waals surface area (Å²) in [6, 6.07) is 1.81. The summed E-state index contributed by atoms with van der Waals surface area (Å²) in [5, 5.41) is 0. The van der Waals surface area contributed by atoms with Gasteiger partial charge in [0.15, 0.2) is 0 Å². The van der Waals surface area contributed by atoms with Gasteiger partial charge in [-0.25, -0.2) is 0 Å². The molecule has 3 nitrogen and oxygen atoms in total. The molecule has 0 aromatic carbocycles. The number of hydrogen-bond donors (Lipinski definition) is 2. The number of pyridine rings is 1. The molecule has 0 saturated heterocycles. The molecule has 0 bridgehead atoms. The van der Waals surface area contributed by atoms with Crippen LogP contribution in [0, 0.1) is 0 Å². The van der Waals surface area contributed by atoms with Gasteiger partial charge in [-0.1, -0.05) is 0 Å². The number of rotatable bonds is 1. The molecular weight excluding hydrogens is 182 g/mol. The molecular formula is C5H6BrN3. The van der Waals surface area contributed by atoms with E-state index in [1.165, 1.54) is 0 Å². The van der Waals surface area contributed by atoms with Gasteiger partial charge in [-0.05, 0) is 22.0 Å². The van der Waals surface area contributed by atoms with Crippen molar-refractivity contribution in [3.05, 3.63) is 22.9 Å². The fourth-order valence-corrected chi connectivity index (χ4v) is 0.819. The monoisotopic (exact) mass is 187 g/mol. The zero-order valence-electron chi connectivity index (χ0n) is 4.63. The predicted molar refractivity (Wildman–Crippen MR) is 39.7 cm³/mol. The maximum Gasteiger partial charge on any atom is 0.0813 e. The first-order valence-corrected chi connectivity index (χ1v) is 3.20. The van der Waals surface area contributed by atoms with Crippen LogP contribution in [-0.2, 0) is 0 Å². The summed E-state index contributed by atoms with van der Waals surface area (Å²) in [6.07, 6.45) is 3.33. The SMILES string of the molecule is NNc1cnccc1Br. The quantitative estimate of drug-likeness (QED) is 0.513. The van der Waals surface area contributed by atoms with Gasteiger partial charge >= 0.3 is 0 Å². The standard InChI is InChI=1S/C5H6BrN3/c6-4-1-2-8-3-5(4)9-7/h1-3,9H,7H2. The van der Waals surface area contributed by atoms with Gasteiger partial charge in [-0.3, -0.25) is 10.8 Å². The molecule has 48 valence electrons. The van der Waals surface area contributed by atoms with Crippen LogP contribution in [0.15, 0.2) is 22.9 Å². The van der Waals surface area contributed by atoms with Crippen LogP contribution in [0.2, 0.25) is 0 Å². The Labute approximate surface area is 61.4 Å². The first-order valence-electron chi connectivity index (χ1n) is 2.40. The summed E-state index contributed by atoms with van der Waals surface area (Å²) in [6.45, 7) is 0. The molecule has 0 aliphatic carbocycles. The number of nitrogen functional groups attached to an aromatic ring is 1. The van der Waals surface area contributed by atoms with Gasteiger partial charge in [-0.15, -0.1) is 0 Å². The lowest BCUT2D eigenvalue weighted by Crippen LogP contribution is -2.07. The molecule has 4 heteroatoms. The van der Waals surface area contributed by atoms with E-state index in [0.717, 1.165) is 10.2 Å². The van der Waals surface area contributed by atoms with Crippen molar-refractivity contribution in [1.82, 2.24) is 4.98 Å². The first-order chi connectivity index (χ1) is 4.34. The largest absolute Gasteiger partial charge is 0.322 e. The summed E-state index contributed by atoms with van der Waals surface area (Å²) in [5.74, 6) is 5.13. The second-order valence-corrected chi connectivity index (χ2v) is 2.35. The summed E-state index contributed by atoms with van der Waals surface area (Å²) in [4.78, 5) is 3.84. The second-order valence-electron chi connectivity index (χ2n) is 1.50. The highest BCUT2D eigenvalue weighted by Gasteiger charge is 1.92. The Kier molecular flexibility index (Phi) is 2.02. The first kappa shape index (κ1) is 6.51. The zero-order valence-corrected chi connectivity index (χ0v) is 6.22. The van der Waals surface area contributed by atoms with Gasteiger partial charge in [0, 0.05) is 10.7 Å². The fraction of sp³-hybridized carbons (Fsp3) is 0. The molecule has 0 amide bonds. The molecule has 0 atom stereocenters. The van der Waals surface area contributed by atoms with E-state index in [-0.39, 0.29) is 0 Å². The second kappa shape index (κ2) is 2.80. The molecule has 0 saturated carbocycles. The van der Waals surface area contributed by atoms with E-state index in [4.69, 9.17) is 5.84 Å². The van der Waals surface area contributed by atoms with Gasteiger partial charge in [0.25, 0.3) is 0 Å². The molecule has 1 heterocycles. The molecule has 0 aliphatic rings. The van der Waals surface area contributed by atoms with Crippen molar-refractivity contribution < 1.29 is 0 Å². The Morgan fingerprint density at radius 1 is 1.67 bits per heavy atom. The number of hydrogen-bond acceptors (Lipinski definition) is 3. The fourth-order valence-electron chi connectivity index (χ4n) is 0.484. The Morgan fingerprint density at radius 3 is 2.89 bits per heavy atom. The minimum Gasteiger partial charge on any atom is -0.322 e. The van der Waals surface area contributed by atoms with E-state index in [9.17, 15) is 0 Å². The number of nitrogens with zero attached hydrogens (tertiary/aromatic N) is 1. The van der Waals surface area contributed by atoms with Gasteiger partial charge in [-0.2, -0.15) is 0 Å². The third-order valence-corrected chi connectivity index (χ3v) is 1.61. The van der Waals surface area contributed by atoms with Crippen LogP contribution in [0.25, 0.3) is 0 Å². The number of nitrogens with two attached hydrogens (primary N) is 1. The maximum absolute atomic E-state index is 5.13. The van der Waals surface area contributed by atoms with E-state index in [1.807, 2.05) is 6.07 Å². The van der Waals surface area contributed by atoms with Gasteiger partial charge in [0.05, 0.1) is 11.9 Å². The van der Waals surface area contributed by atoms with Crippen molar-refractivity contribution in [1.29, 1.82) is 0 Å². The molecule has 3 N–H and O–H groups in total. The predicted octanol–water partition coefficient (Wildman–Crippen LogP) is 1.13. The third-order valence-electron chi connectivity index (χ3n) is 0.923. The maximum atomic E-state index is 5.13.